The first-order valence-corrected chi connectivity index (χ1v) is 3.78. The summed E-state index contributed by atoms with van der Waals surface area (Å²) >= 11 is 1.64. The Balaban J connectivity index is 2.31. The molecule has 1 aliphatic carbocycles. The molecule has 2 radical (unpaired) electrons. The molecule has 0 aromatic carbocycles. The number of rotatable bonds is 1. The second-order valence-electron chi connectivity index (χ2n) is 1.96. The molecule has 1 saturated carbocycles. The summed E-state index contributed by atoms with van der Waals surface area (Å²) < 4.78 is 1.71. The van der Waals surface area contributed by atoms with E-state index in [9.17, 15) is 0 Å². The van der Waals surface area contributed by atoms with E-state index in [1.54, 1.807) is 25.6 Å². The quantitative estimate of drug-likeness (QED) is 0.531. The Morgan fingerprint density at radius 2 is 2.17 bits per heavy atom. The first kappa shape index (κ1) is 4.82. The van der Waals surface area contributed by atoms with Gasteiger partial charge in [0.15, 0.2) is 0 Å². The third-order valence-electron chi connectivity index (χ3n) is 1.19. The summed E-state index contributed by atoms with van der Waals surface area (Å²) in [6, 6.07) is 0. The zero-order valence-corrected chi connectivity index (χ0v) is 6.85. The maximum atomic E-state index is 2.26. The van der Waals surface area contributed by atoms with Crippen molar-refractivity contribution in [3.8, 4) is 0 Å². The van der Waals surface area contributed by atoms with Gasteiger partial charge in [-0.15, -0.1) is 0 Å². The summed E-state index contributed by atoms with van der Waals surface area (Å²) in [6.07, 6.45) is 2.97. The van der Waals surface area contributed by atoms with Crippen molar-refractivity contribution >= 4 is 25.6 Å². The van der Waals surface area contributed by atoms with Crippen molar-refractivity contribution in [2.24, 2.45) is 5.92 Å². The van der Waals surface area contributed by atoms with Gasteiger partial charge in [0.05, 0.1) is 0 Å². The SMILES string of the molecule is C[C](=[Sn])C1CC1. The van der Waals surface area contributed by atoms with Gasteiger partial charge in [-0.05, 0) is 0 Å². The third kappa shape index (κ3) is 1.07. The van der Waals surface area contributed by atoms with Gasteiger partial charge >= 0.3 is 51.3 Å². The zero-order valence-electron chi connectivity index (χ0n) is 3.99. The molecule has 0 heterocycles. The summed E-state index contributed by atoms with van der Waals surface area (Å²) in [4.78, 5) is 0. The summed E-state index contributed by atoms with van der Waals surface area (Å²) in [5, 5.41) is 0. The zero-order chi connectivity index (χ0) is 4.57. The van der Waals surface area contributed by atoms with Crippen molar-refractivity contribution in [1.82, 2.24) is 0 Å². The summed E-state index contributed by atoms with van der Waals surface area (Å²) in [5.41, 5.74) is 0. The van der Waals surface area contributed by atoms with Crippen LogP contribution in [-0.4, -0.2) is 25.6 Å². The third-order valence-corrected chi connectivity index (χ3v) is 2.35. The summed E-state index contributed by atoms with van der Waals surface area (Å²) in [5.74, 6) is 1.06. The number of hydrogen-bond acceptors (Lipinski definition) is 0. The molecule has 1 aliphatic rings. The molecule has 0 aromatic rings. The van der Waals surface area contributed by atoms with Crippen molar-refractivity contribution in [3.63, 3.8) is 0 Å². The van der Waals surface area contributed by atoms with Crippen molar-refractivity contribution in [2.45, 2.75) is 19.8 Å². The Labute approximate surface area is 51.5 Å². The van der Waals surface area contributed by atoms with E-state index in [0.29, 0.717) is 0 Å². The van der Waals surface area contributed by atoms with Crippen molar-refractivity contribution in [2.75, 3.05) is 0 Å². The Hall–Kier alpha value is 0.669. The molecule has 0 saturated heterocycles. The molecule has 1 heteroatoms. The van der Waals surface area contributed by atoms with Crippen LogP contribution in [0.25, 0.3) is 0 Å². The molecule has 0 atom stereocenters. The molecule has 0 spiro atoms. The van der Waals surface area contributed by atoms with Gasteiger partial charge in [-0.3, -0.25) is 0 Å². The first-order chi connectivity index (χ1) is 2.80. The first-order valence-electron chi connectivity index (χ1n) is 2.36. The van der Waals surface area contributed by atoms with Crippen LogP contribution in [0.15, 0.2) is 0 Å². The van der Waals surface area contributed by atoms with Crippen LogP contribution in [0.1, 0.15) is 19.8 Å². The van der Waals surface area contributed by atoms with Crippen LogP contribution < -0.4 is 0 Å². The molecule has 0 N–H and O–H groups in total. The Kier molecular flexibility index (Phi) is 1.32. The summed E-state index contributed by atoms with van der Waals surface area (Å²) in [7, 11) is 0. The second-order valence-corrected chi connectivity index (χ2v) is 4.21. The average Bonchev–Trinajstić information content (AvgIpc) is 2.06. The van der Waals surface area contributed by atoms with Gasteiger partial charge in [0.25, 0.3) is 0 Å². The van der Waals surface area contributed by atoms with E-state index < -0.39 is 0 Å². The van der Waals surface area contributed by atoms with Gasteiger partial charge in [0.2, 0.25) is 0 Å². The second kappa shape index (κ2) is 1.64. The van der Waals surface area contributed by atoms with Crippen LogP contribution in [0.2, 0.25) is 0 Å². The summed E-state index contributed by atoms with van der Waals surface area (Å²) in [6.45, 7) is 2.26. The van der Waals surface area contributed by atoms with Gasteiger partial charge in [0.1, 0.15) is 0 Å². The minimum absolute atomic E-state index is 1.06. The number of hydrogen-bond donors (Lipinski definition) is 0. The molecule has 32 valence electrons. The van der Waals surface area contributed by atoms with Gasteiger partial charge in [-0.2, -0.15) is 0 Å². The van der Waals surface area contributed by atoms with E-state index in [-0.39, 0.29) is 0 Å². The van der Waals surface area contributed by atoms with E-state index >= 15 is 0 Å². The molecule has 6 heavy (non-hydrogen) atoms. The molecular weight excluding hydrogens is 179 g/mol. The topological polar surface area (TPSA) is 0 Å². The monoisotopic (exact) mass is 188 g/mol. The molecule has 0 nitrogen and oxygen atoms in total. The van der Waals surface area contributed by atoms with Crippen LogP contribution >= 0.6 is 0 Å². The molecule has 1 fully saturated rings. The Bertz CT molecular complexity index is 72.0. The van der Waals surface area contributed by atoms with Gasteiger partial charge < -0.3 is 0 Å². The van der Waals surface area contributed by atoms with Crippen LogP contribution in [-0.2, 0) is 0 Å². The van der Waals surface area contributed by atoms with Crippen LogP contribution in [0.5, 0.6) is 0 Å². The Morgan fingerprint density at radius 3 is 2.17 bits per heavy atom. The molecule has 0 bridgehead atoms. The van der Waals surface area contributed by atoms with E-state index in [1.165, 1.54) is 12.8 Å². The molecule has 0 aliphatic heterocycles. The van der Waals surface area contributed by atoms with Crippen LogP contribution in [0.3, 0.4) is 0 Å². The molecule has 0 aromatic heterocycles. The maximum absolute atomic E-state index is 2.26. The predicted molar refractivity (Wildman–Crippen MR) is 29.2 cm³/mol. The standard InChI is InChI=1S/C5H8.Sn/c1-2-5-3-4-5;/h5H,3-4H2,1H3;. The fraction of sp³-hybridized carbons (Fsp3) is 0.800. The van der Waals surface area contributed by atoms with E-state index in [4.69, 9.17) is 0 Å². The molecule has 1 rings (SSSR count). The van der Waals surface area contributed by atoms with Gasteiger partial charge in [0, 0.05) is 0 Å². The van der Waals surface area contributed by atoms with Crippen LogP contribution in [0, 0.1) is 5.92 Å². The van der Waals surface area contributed by atoms with Crippen LogP contribution in [0.4, 0.5) is 0 Å². The molecular formula is C5H8Sn. The molecule has 0 amide bonds. The van der Waals surface area contributed by atoms with Crippen molar-refractivity contribution in [1.29, 1.82) is 0 Å². The molecule has 0 unspecified atom stereocenters. The predicted octanol–water partition coefficient (Wildman–Crippen LogP) is 0.757. The van der Waals surface area contributed by atoms with Gasteiger partial charge in [-0.1, -0.05) is 0 Å². The normalized spacial score (nSPS) is 20.8. The van der Waals surface area contributed by atoms with E-state index in [0.717, 1.165) is 5.92 Å². The Morgan fingerprint density at radius 1 is 1.67 bits per heavy atom. The fourth-order valence-corrected chi connectivity index (χ4v) is 1.34. The average molecular weight is 187 g/mol. The van der Waals surface area contributed by atoms with E-state index in [1.807, 2.05) is 0 Å². The van der Waals surface area contributed by atoms with E-state index in [2.05, 4.69) is 6.92 Å². The fourth-order valence-electron chi connectivity index (χ4n) is 0.516. The van der Waals surface area contributed by atoms with Crippen molar-refractivity contribution < 1.29 is 0 Å². The minimum atomic E-state index is 1.06. The van der Waals surface area contributed by atoms with Gasteiger partial charge in [-0.25, -0.2) is 0 Å². The van der Waals surface area contributed by atoms with Crippen molar-refractivity contribution in [3.05, 3.63) is 0 Å².